The molecule has 3 N–H and O–H groups in total. The van der Waals surface area contributed by atoms with E-state index in [1.165, 1.54) is 0 Å². The van der Waals surface area contributed by atoms with Gasteiger partial charge < -0.3 is 10.2 Å². The largest absolute Gasteiger partial charge is 0.363 e. The summed E-state index contributed by atoms with van der Waals surface area (Å²) in [6.07, 6.45) is -1.68. The Morgan fingerprint density at radius 1 is 1.21 bits per heavy atom. The van der Waals surface area contributed by atoms with Crippen molar-refractivity contribution in [3.63, 3.8) is 0 Å². The van der Waals surface area contributed by atoms with Crippen molar-refractivity contribution >= 4 is 10.8 Å². The third-order valence-corrected chi connectivity index (χ3v) is 1.97. The van der Waals surface area contributed by atoms with E-state index in [0.29, 0.717) is 10.8 Å². The fourth-order valence-corrected chi connectivity index (χ4v) is 1.33. The number of nitrogens with zero attached hydrogens (tertiary/aromatic N) is 1. The molecule has 72 valence electrons. The summed E-state index contributed by atoms with van der Waals surface area (Å²) < 4.78 is 0. The van der Waals surface area contributed by atoms with Crippen molar-refractivity contribution in [1.82, 2.24) is 10.2 Å². The first-order valence-corrected chi connectivity index (χ1v) is 4.03. The lowest BCUT2D eigenvalue weighted by Crippen LogP contribution is -2.13. The Balaban J connectivity index is 2.89. The van der Waals surface area contributed by atoms with E-state index in [1.54, 1.807) is 24.3 Å². The van der Waals surface area contributed by atoms with E-state index in [2.05, 4.69) is 10.2 Å². The summed E-state index contributed by atoms with van der Waals surface area (Å²) in [6, 6.07) is 6.62. The smallest absolute Gasteiger partial charge is 0.272 e. The highest BCUT2D eigenvalue weighted by atomic mass is 16.5. The van der Waals surface area contributed by atoms with Crippen molar-refractivity contribution in [2.24, 2.45) is 0 Å². The van der Waals surface area contributed by atoms with Crippen molar-refractivity contribution in [2.45, 2.75) is 6.29 Å². The molecule has 0 atom stereocenters. The lowest BCUT2D eigenvalue weighted by atomic mass is 10.1. The van der Waals surface area contributed by atoms with Gasteiger partial charge in [-0.25, -0.2) is 5.10 Å². The predicted molar refractivity (Wildman–Crippen MR) is 49.5 cm³/mol. The third kappa shape index (κ3) is 1.28. The molecule has 0 aliphatic heterocycles. The second kappa shape index (κ2) is 3.21. The molecule has 1 heterocycles. The maximum absolute atomic E-state index is 11.3. The summed E-state index contributed by atoms with van der Waals surface area (Å²) >= 11 is 0. The topological polar surface area (TPSA) is 86.2 Å². The molecule has 2 aromatic rings. The van der Waals surface area contributed by atoms with Crippen LogP contribution in [0.2, 0.25) is 0 Å². The molecule has 0 unspecified atom stereocenters. The molecule has 5 heteroatoms. The molecule has 1 aromatic heterocycles. The summed E-state index contributed by atoms with van der Waals surface area (Å²) in [7, 11) is 0. The third-order valence-electron chi connectivity index (χ3n) is 1.97. The number of fused-ring (bicyclic) bond motifs is 1. The molecule has 0 aliphatic carbocycles. The molecule has 0 spiro atoms. The van der Waals surface area contributed by atoms with Gasteiger partial charge in [0.2, 0.25) is 0 Å². The molecule has 0 saturated carbocycles. The lowest BCUT2D eigenvalue weighted by Gasteiger charge is -2.05. The van der Waals surface area contributed by atoms with Crippen LogP contribution in [0.5, 0.6) is 0 Å². The zero-order valence-corrected chi connectivity index (χ0v) is 7.14. The highest BCUT2D eigenvalue weighted by Crippen LogP contribution is 2.16. The second-order valence-corrected chi connectivity index (χ2v) is 2.86. The van der Waals surface area contributed by atoms with Crippen molar-refractivity contribution < 1.29 is 10.2 Å². The normalized spacial score (nSPS) is 11.1. The summed E-state index contributed by atoms with van der Waals surface area (Å²) in [6.45, 7) is 0. The molecular formula is C9H8N2O3. The Kier molecular flexibility index (Phi) is 2.03. The summed E-state index contributed by atoms with van der Waals surface area (Å²) in [5.74, 6) is 0. The van der Waals surface area contributed by atoms with Crippen LogP contribution < -0.4 is 5.56 Å². The number of rotatable bonds is 1. The van der Waals surface area contributed by atoms with Gasteiger partial charge in [0.05, 0.1) is 5.39 Å². The van der Waals surface area contributed by atoms with E-state index >= 15 is 0 Å². The fraction of sp³-hybridized carbons (Fsp3) is 0.111. The van der Waals surface area contributed by atoms with Gasteiger partial charge in [0.15, 0.2) is 6.29 Å². The zero-order valence-electron chi connectivity index (χ0n) is 7.14. The molecule has 0 saturated heterocycles. The van der Waals surface area contributed by atoms with E-state index in [4.69, 9.17) is 10.2 Å². The fourth-order valence-electron chi connectivity index (χ4n) is 1.33. The van der Waals surface area contributed by atoms with Gasteiger partial charge in [-0.2, -0.15) is 5.10 Å². The van der Waals surface area contributed by atoms with Crippen molar-refractivity contribution in [1.29, 1.82) is 0 Å². The molecule has 0 bridgehead atoms. The number of aliphatic hydroxyl groups is 2. The maximum atomic E-state index is 11.3. The average molecular weight is 192 g/mol. The van der Waals surface area contributed by atoms with Crippen LogP contribution in [0.4, 0.5) is 0 Å². The first-order valence-electron chi connectivity index (χ1n) is 4.03. The maximum Gasteiger partial charge on any atom is 0.272 e. The van der Waals surface area contributed by atoms with Gasteiger partial charge in [-0.3, -0.25) is 4.79 Å². The SMILES string of the molecule is O=c1[nH]nc(C(O)O)c2ccccc12. The molecule has 2 rings (SSSR count). The van der Waals surface area contributed by atoms with Gasteiger partial charge in [0, 0.05) is 5.39 Å². The van der Waals surface area contributed by atoms with Gasteiger partial charge in [0.25, 0.3) is 5.56 Å². The van der Waals surface area contributed by atoms with Crippen LogP contribution in [-0.4, -0.2) is 20.4 Å². The highest BCUT2D eigenvalue weighted by molar-refractivity contribution is 5.83. The zero-order chi connectivity index (χ0) is 10.1. The summed E-state index contributed by atoms with van der Waals surface area (Å²) in [5, 5.41) is 24.6. The minimum absolute atomic E-state index is 0.0557. The van der Waals surface area contributed by atoms with Crippen molar-refractivity contribution in [3.8, 4) is 0 Å². The Morgan fingerprint density at radius 3 is 2.50 bits per heavy atom. The van der Waals surface area contributed by atoms with Gasteiger partial charge in [-0.05, 0) is 6.07 Å². The average Bonchev–Trinajstić information content (AvgIpc) is 2.18. The van der Waals surface area contributed by atoms with Gasteiger partial charge in [-0.15, -0.1) is 0 Å². The van der Waals surface area contributed by atoms with Crippen molar-refractivity contribution in [3.05, 3.63) is 40.3 Å². The molecule has 0 amide bonds. The van der Waals surface area contributed by atoms with Crippen LogP contribution in [0.3, 0.4) is 0 Å². The van der Waals surface area contributed by atoms with E-state index < -0.39 is 6.29 Å². The number of aromatic amines is 1. The standard InChI is InChI=1S/C9H8N2O3/c12-8-6-4-2-1-3-5(6)7(9(13)14)10-11-8/h1-4,9,13-14H,(H,11,12). The van der Waals surface area contributed by atoms with Crippen LogP contribution in [-0.2, 0) is 0 Å². The first-order chi connectivity index (χ1) is 6.70. The molecule has 0 fully saturated rings. The quantitative estimate of drug-likeness (QED) is 0.551. The van der Waals surface area contributed by atoms with Crippen LogP contribution in [0.25, 0.3) is 10.8 Å². The van der Waals surface area contributed by atoms with Crippen molar-refractivity contribution in [2.75, 3.05) is 0 Å². The molecule has 0 radical (unpaired) electrons. The Hall–Kier alpha value is -1.72. The van der Waals surface area contributed by atoms with Gasteiger partial charge >= 0.3 is 0 Å². The minimum Gasteiger partial charge on any atom is -0.363 e. The Bertz CT molecular complexity index is 519. The van der Waals surface area contributed by atoms with E-state index in [0.717, 1.165) is 0 Å². The van der Waals surface area contributed by atoms with Crippen LogP contribution in [0, 0.1) is 0 Å². The number of hydrogen-bond acceptors (Lipinski definition) is 4. The Morgan fingerprint density at radius 2 is 1.86 bits per heavy atom. The van der Waals surface area contributed by atoms with Crippen LogP contribution in [0.1, 0.15) is 12.0 Å². The molecule has 5 nitrogen and oxygen atoms in total. The Labute approximate surface area is 78.6 Å². The van der Waals surface area contributed by atoms with Crippen LogP contribution >= 0.6 is 0 Å². The molecular weight excluding hydrogens is 184 g/mol. The highest BCUT2D eigenvalue weighted by Gasteiger charge is 2.10. The van der Waals surface area contributed by atoms with E-state index in [1.807, 2.05) is 0 Å². The number of aromatic nitrogens is 2. The van der Waals surface area contributed by atoms with E-state index in [9.17, 15) is 4.79 Å². The van der Waals surface area contributed by atoms with Gasteiger partial charge in [-0.1, -0.05) is 18.2 Å². The number of hydrogen-bond donors (Lipinski definition) is 3. The number of benzene rings is 1. The number of aliphatic hydroxyl groups excluding tert-OH is 1. The predicted octanol–water partition coefficient (Wildman–Crippen LogP) is -0.0937. The monoisotopic (exact) mass is 192 g/mol. The van der Waals surface area contributed by atoms with Crippen LogP contribution in [0.15, 0.2) is 29.1 Å². The first kappa shape index (κ1) is 8.86. The molecule has 0 aliphatic rings. The minimum atomic E-state index is -1.68. The van der Waals surface area contributed by atoms with Gasteiger partial charge in [0.1, 0.15) is 5.69 Å². The number of H-pyrrole nitrogens is 1. The summed E-state index contributed by atoms with van der Waals surface area (Å²) in [5.41, 5.74) is -0.287. The van der Waals surface area contributed by atoms with E-state index in [-0.39, 0.29) is 11.3 Å². The second-order valence-electron chi connectivity index (χ2n) is 2.86. The number of nitrogens with one attached hydrogen (secondary N) is 1. The lowest BCUT2D eigenvalue weighted by molar-refractivity contribution is -0.0451. The molecule has 1 aromatic carbocycles. The molecule has 14 heavy (non-hydrogen) atoms. The summed E-state index contributed by atoms with van der Waals surface area (Å²) in [4.78, 5) is 11.3.